The quantitative estimate of drug-likeness (QED) is 0.730. The van der Waals surface area contributed by atoms with Crippen molar-refractivity contribution >= 4 is 11.8 Å². The van der Waals surface area contributed by atoms with Gasteiger partial charge >= 0.3 is 0 Å². The van der Waals surface area contributed by atoms with Crippen molar-refractivity contribution in [2.24, 2.45) is 0 Å². The molecule has 0 unspecified atom stereocenters. The Kier molecular flexibility index (Phi) is 3.92. The lowest BCUT2D eigenvalue weighted by Crippen LogP contribution is -2.01. The highest BCUT2D eigenvalue weighted by Gasteiger charge is 2.07. The lowest BCUT2D eigenvalue weighted by Gasteiger charge is -2.09. The van der Waals surface area contributed by atoms with E-state index in [9.17, 15) is 0 Å². The smallest absolute Gasteiger partial charge is 0.119 e. The van der Waals surface area contributed by atoms with Gasteiger partial charge in [0.1, 0.15) is 5.75 Å². The third-order valence-corrected chi connectivity index (χ3v) is 3.53. The van der Waals surface area contributed by atoms with Crippen LogP contribution in [0.3, 0.4) is 0 Å². The summed E-state index contributed by atoms with van der Waals surface area (Å²) in [5.74, 6) is 3.10. The molecule has 15 heavy (non-hydrogen) atoms. The fraction of sp³-hybridized carbons (Fsp3) is 0.500. The minimum atomic E-state index is 0.833. The summed E-state index contributed by atoms with van der Waals surface area (Å²) in [4.78, 5) is 0. The molecule has 0 aromatic heterocycles. The van der Waals surface area contributed by atoms with Crippen LogP contribution in [0.25, 0.3) is 0 Å². The number of thioether (sulfide) groups is 1. The first-order valence-electron chi connectivity index (χ1n) is 5.21. The molecule has 2 nitrogen and oxygen atoms in total. The molecule has 1 aliphatic rings. The van der Waals surface area contributed by atoms with Crippen LogP contribution in [0.1, 0.15) is 11.1 Å². The molecule has 1 aliphatic heterocycles. The molecule has 0 spiro atoms. The number of ether oxygens (including phenoxy) is 2. The van der Waals surface area contributed by atoms with E-state index in [0.717, 1.165) is 36.9 Å². The van der Waals surface area contributed by atoms with Crippen LogP contribution in [0.5, 0.6) is 5.75 Å². The zero-order valence-electron chi connectivity index (χ0n) is 8.99. The molecular formula is C12H16O2S. The van der Waals surface area contributed by atoms with Crippen molar-refractivity contribution in [3.63, 3.8) is 0 Å². The molecule has 1 heterocycles. The monoisotopic (exact) mass is 224 g/mol. The van der Waals surface area contributed by atoms with Crippen LogP contribution in [-0.4, -0.2) is 26.1 Å². The topological polar surface area (TPSA) is 18.5 Å². The maximum atomic E-state index is 5.52. The first-order valence-corrected chi connectivity index (χ1v) is 6.37. The van der Waals surface area contributed by atoms with Crippen LogP contribution >= 0.6 is 11.8 Å². The van der Waals surface area contributed by atoms with E-state index in [0.29, 0.717) is 0 Å². The molecule has 0 atom stereocenters. The van der Waals surface area contributed by atoms with E-state index in [1.807, 2.05) is 17.8 Å². The lowest BCUT2D eigenvalue weighted by atomic mass is 10.1. The van der Waals surface area contributed by atoms with E-state index in [-0.39, 0.29) is 0 Å². The van der Waals surface area contributed by atoms with Crippen molar-refractivity contribution < 1.29 is 9.47 Å². The van der Waals surface area contributed by atoms with Gasteiger partial charge in [0.25, 0.3) is 0 Å². The molecule has 82 valence electrons. The molecule has 2 rings (SSSR count). The van der Waals surface area contributed by atoms with Crippen LogP contribution in [0.2, 0.25) is 0 Å². The van der Waals surface area contributed by atoms with Gasteiger partial charge in [-0.25, -0.2) is 0 Å². The summed E-state index contributed by atoms with van der Waals surface area (Å²) in [6.45, 7) is 1.70. The maximum Gasteiger partial charge on any atom is 0.119 e. The van der Waals surface area contributed by atoms with Gasteiger partial charge < -0.3 is 9.47 Å². The average molecular weight is 224 g/mol. The van der Waals surface area contributed by atoms with E-state index in [1.54, 1.807) is 7.11 Å². The second-order valence-electron chi connectivity index (χ2n) is 3.55. The van der Waals surface area contributed by atoms with Crippen LogP contribution in [-0.2, 0) is 16.9 Å². The minimum Gasteiger partial charge on any atom is -0.497 e. The molecule has 0 saturated heterocycles. The Labute approximate surface area is 95.0 Å². The Morgan fingerprint density at radius 1 is 1.27 bits per heavy atom. The van der Waals surface area contributed by atoms with Crippen molar-refractivity contribution in [3.8, 4) is 5.75 Å². The molecule has 0 N–H and O–H groups in total. The van der Waals surface area contributed by atoms with Crippen molar-refractivity contribution in [1.82, 2.24) is 0 Å². The number of methoxy groups -OCH3 is 1. The lowest BCUT2D eigenvalue weighted by molar-refractivity contribution is 0.153. The Hall–Kier alpha value is -0.670. The standard InChI is InChI=1S/C12H16O2S/c1-13-12-3-2-10-4-5-14-6-7-15-9-11(10)8-12/h2-3,8H,4-7,9H2,1H3. The summed E-state index contributed by atoms with van der Waals surface area (Å²) in [7, 11) is 1.72. The van der Waals surface area contributed by atoms with Gasteiger partial charge in [-0.1, -0.05) is 6.07 Å². The second kappa shape index (κ2) is 5.42. The normalized spacial score (nSPS) is 17.1. The van der Waals surface area contributed by atoms with Gasteiger partial charge in [0.2, 0.25) is 0 Å². The third kappa shape index (κ3) is 2.89. The number of benzene rings is 1. The summed E-state index contributed by atoms with van der Waals surface area (Å²) in [5, 5.41) is 0. The Balaban J connectivity index is 2.21. The summed E-state index contributed by atoms with van der Waals surface area (Å²) >= 11 is 1.92. The number of hydrogen-bond donors (Lipinski definition) is 0. The molecular weight excluding hydrogens is 208 g/mol. The van der Waals surface area contributed by atoms with Crippen molar-refractivity contribution in [2.75, 3.05) is 26.1 Å². The maximum absolute atomic E-state index is 5.52. The molecule has 1 aromatic rings. The number of hydrogen-bond acceptors (Lipinski definition) is 3. The van der Waals surface area contributed by atoms with Crippen LogP contribution < -0.4 is 4.74 Å². The highest BCUT2D eigenvalue weighted by Crippen LogP contribution is 2.23. The van der Waals surface area contributed by atoms with Gasteiger partial charge in [-0.05, 0) is 29.7 Å². The summed E-state index contributed by atoms with van der Waals surface area (Å²) in [5.41, 5.74) is 2.79. The second-order valence-corrected chi connectivity index (χ2v) is 4.65. The summed E-state index contributed by atoms with van der Waals surface area (Å²) in [6.07, 6.45) is 1.01. The van der Waals surface area contributed by atoms with E-state index < -0.39 is 0 Å². The third-order valence-electron chi connectivity index (χ3n) is 2.56. The molecule has 0 bridgehead atoms. The van der Waals surface area contributed by atoms with Crippen LogP contribution in [0, 0.1) is 0 Å². The fourth-order valence-corrected chi connectivity index (χ4v) is 2.56. The Bertz CT molecular complexity index is 325. The van der Waals surface area contributed by atoms with Crippen molar-refractivity contribution in [1.29, 1.82) is 0 Å². The van der Waals surface area contributed by atoms with E-state index in [1.165, 1.54) is 11.1 Å². The van der Waals surface area contributed by atoms with E-state index >= 15 is 0 Å². The van der Waals surface area contributed by atoms with Crippen LogP contribution in [0.15, 0.2) is 18.2 Å². The number of fused-ring (bicyclic) bond motifs is 1. The first kappa shape index (κ1) is 10.8. The molecule has 1 aromatic carbocycles. The van der Waals surface area contributed by atoms with Crippen LogP contribution in [0.4, 0.5) is 0 Å². The van der Waals surface area contributed by atoms with Gasteiger partial charge in [0.05, 0.1) is 20.3 Å². The average Bonchev–Trinajstić information content (AvgIpc) is 2.39. The molecule has 3 heteroatoms. The fourth-order valence-electron chi connectivity index (χ4n) is 1.69. The van der Waals surface area contributed by atoms with Gasteiger partial charge in [0, 0.05) is 11.5 Å². The molecule has 0 fully saturated rings. The molecule has 0 amide bonds. The predicted octanol–water partition coefficient (Wildman–Crippen LogP) is 2.50. The summed E-state index contributed by atoms with van der Waals surface area (Å²) < 4.78 is 10.8. The zero-order chi connectivity index (χ0) is 10.5. The minimum absolute atomic E-state index is 0.833. The molecule has 0 saturated carbocycles. The van der Waals surface area contributed by atoms with Crippen molar-refractivity contribution in [2.45, 2.75) is 12.2 Å². The first-order chi connectivity index (χ1) is 7.40. The molecule has 0 radical (unpaired) electrons. The van der Waals surface area contributed by atoms with Gasteiger partial charge in [-0.3, -0.25) is 0 Å². The van der Waals surface area contributed by atoms with Crippen molar-refractivity contribution in [3.05, 3.63) is 29.3 Å². The predicted molar refractivity (Wildman–Crippen MR) is 63.7 cm³/mol. The molecule has 0 aliphatic carbocycles. The van der Waals surface area contributed by atoms with E-state index in [4.69, 9.17) is 9.47 Å². The number of rotatable bonds is 1. The van der Waals surface area contributed by atoms with Gasteiger partial charge in [0.15, 0.2) is 0 Å². The van der Waals surface area contributed by atoms with Gasteiger partial charge in [-0.2, -0.15) is 11.8 Å². The Morgan fingerprint density at radius 3 is 3.07 bits per heavy atom. The van der Waals surface area contributed by atoms with E-state index in [2.05, 4.69) is 12.1 Å². The largest absolute Gasteiger partial charge is 0.497 e. The zero-order valence-corrected chi connectivity index (χ0v) is 9.81. The highest BCUT2D eigenvalue weighted by molar-refractivity contribution is 7.98. The summed E-state index contributed by atoms with van der Waals surface area (Å²) in [6, 6.07) is 6.33. The Morgan fingerprint density at radius 2 is 2.20 bits per heavy atom. The SMILES string of the molecule is COc1ccc2c(c1)CSCCOCC2. The van der Waals surface area contributed by atoms with Gasteiger partial charge in [-0.15, -0.1) is 0 Å². The highest BCUT2D eigenvalue weighted by atomic mass is 32.2.